The first-order valence-electron chi connectivity index (χ1n) is 8.92. The van der Waals surface area contributed by atoms with E-state index in [1.54, 1.807) is 17.2 Å². The molecule has 138 valence electrons. The van der Waals surface area contributed by atoms with Crippen LogP contribution >= 0.6 is 0 Å². The van der Waals surface area contributed by atoms with Crippen LogP contribution in [0.3, 0.4) is 0 Å². The van der Waals surface area contributed by atoms with E-state index in [2.05, 4.69) is 39.3 Å². The van der Waals surface area contributed by atoms with E-state index >= 15 is 0 Å². The first-order valence-corrected chi connectivity index (χ1v) is 8.92. The van der Waals surface area contributed by atoms with E-state index in [1.807, 2.05) is 6.92 Å². The lowest BCUT2D eigenvalue weighted by molar-refractivity contribution is 0.177. The number of nitrogens with one attached hydrogen (secondary N) is 1. The number of ether oxygens (including phenoxy) is 1. The van der Waals surface area contributed by atoms with E-state index in [4.69, 9.17) is 9.26 Å². The molecule has 9 nitrogen and oxygen atoms in total. The number of anilines is 2. The molecule has 3 heterocycles. The molecule has 1 aliphatic heterocycles. The third kappa shape index (κ3) is 3.21. The van der Waals surface area contributed by atoms with Crippen molar-refractivity contribution in [1.29, 1.82) is 0 Å². The molecule has 0 spiro atoms. The van der Waals surface area contributed by atoms with Gasteiger partial charge in [-0.1, -0.05) is 19.0 Å². The van der Waals surface area contributed by atoms with Crippen molar-refractivity contribution >= 4 is 17.9 Å². The molecule has 4 rings (SSSR count). The Hall–Kier alpha value is -2.71. The number of rotatable bonds is 6. The molecular formula is C17H22N6O3. The van der Waals surface area contributed by atoms with Gasteiger partial charge in [-0.15, -0.1) is 0 Å². The lowest BCUT2D eigenvalue weighted by Crippen LogP contribution is -2.37. The average Bonchev–Trinajstić information content (AvgIpc) is 3.20. The minimum atomic E-state index is -0.382. The van der Waals surface area contributed by atoms with E-state index < -0.39 is 0 Å². The van der Waals surface area contributed by atoms with Crippen molar-refractivity contribution in [1.82, 2.24) is 20.1 Å². The Morgan fingerprint density at radius 3 is 2.81 bits per heavy atom. The van der Waals surface area contributed by atoms with Gasteiger partial charge < -0.3 is 14.6 Å². The van der Waals surface area contributed by atoms with Crippen molar-refractivity contribution in [3.8, 4) is 0 Å². The lowest BCUT2D eigenvalue weighted by atomic mass is 10.0. The molecule has 0 bridgehead atoms. The third-order valence-corrected chi connectivity index (χ3v) is 4.68. The Labute approximate surface area is 151 Å². The molecular weight excluding hydrogens is 336 g/mol. The van der Waals surface area contributed by atoms with Crippen molar-refractivity contribution in [3.05, 3.63) is 24.0 Å². The van der Waals surface area contributed by atoms with E-state index in [0.29, 0.717) is 30.2 Å². The monoisotopic (exact) mass is 358 g/mol. The average molecular weight is 358 g/mol. The molecule has 1 N–H and O–H groups in total. The molecule has 0 radical (unpaired) electrons. The molecule has 1 amide bonds. The Bertz CT molecular complexity index is 803. The van der Waals surface area contributed by atoms with Crippen LogP contribution in [-0.2, 0) is 4.74 Å². The van der Waals surface area contributed by atoms with Gasteiger partial charge in [-0.2, -0.15) is 9.97 Å². The summed E-state index contributed by atoms with van der Waals surface area (Å²) in [6.07, 6.45) is 3.47. The van der Waals surface area contributed by atoms with Gasteiger partial charge in [0.05, 0.1) is 6.04 Å². The number of aromatic nitrogens is 4. The SMILES string of the molecule is CC(C)C1COC(=O)N1c1ccnc(N[C@@H](C)c2nc(C3CC3)no2)n1. The standard InChI is InChI=1S/C17H22N6O3/c1-9(2)12-8-25-17(24)23(12)13-6-7-18-16(20-13)19-10(3)15-21-14(22-26-15)11-4-5-11/h6-7,9-12H,4-5,8H2,1-3H3,(H,18,19,20)/t10-,12?/m0/s1. The molecule has 9 heteroatoms. The minimum Gasteiger partial charge on any atom is -0.447 e. The molecule has 2 aromatic heterocycles. The second-order valence-electron chi connectivity index (χ2n) is 7.13. The summed E-state index contributed by atoms with van der Waals surface area (Å²) in [6, 6.07) is 1.42. The van der Waals surface area contributed by atoms with Gasteiger partial charge in [0.1, 0.15) is 18.5 Å². The van der Waals surface area contributed by atoms with Gasteiger partial charge in [-0.25, -0.2) is 9.78 Å². The first-order chi connectivity index (χ1) is 12.5. The van der Waals surface area contributed by atoms with Crippen LogP contribution in [0.15, 0.2) is 16.8 Å². The van der Waals surface area contributed by atoms with Crippen LogP contribution in [-0.4, -0.2) is 38.9 Å². The summed E-state index contributed by atoms with van der Waals surface area (Å²) in [7, 11) is 0. The van der Waals surface area contributed by atoms with Crippen LogP contribution in [0, 0.1) is 5.92 Å². The van der Waals surface area contributed by atoms with Gasteiger partial charge >= 0.3 is 6.09 Å². The fraction of sp³-hybridized carbons (Fsp3) is 0.588. The molecule has 2 atom stereocenters. The maximum Gasteiger partial charge on any atom is 0.415 e. The van der Waals surface area contributed by atoms with Crippen molar-refractivity contribution in [2.75, 3.05) is 16.8 Å². The number of carbonyl (C=O) groups excluding carboxylic acids is 1. The van der Waals surface area contributed by atoms with Gasteiger partial charge in [-0.05, 0) is 31.7 Å². The van der Waals surface area contributed by atoms with Gasteiger partial charge in [0.25, 0.3) is 0 Å². The quantitative estimate of drug-likeness (QED) is 0.840. The maximum atomic E-state index is 12.1. The van der Waals surface area contributed by atoms with E-state index in [1.165, 1.54) is 0 Å². The summed E-state index contributed by atoms with van der Waals surface area (Å²) in [5.74, 6) is 2.87. The van der Waals surface area contributed by atoms with Gasteiger partial charge in [-0.3, -0.25) is 4.90 Å². The van der Waals surface area contributed by atoms with Crippen LogP contribution in [0.1, 0.15) is 57.3 Å². The van der Waals surface area contributed by atoms with Crippen LogP contribution in [0.2, 0.25) is 0 Å². The van der Waals surface area contributed by atoms with Crippen molar-refractivity contribution in [3.63, 3.8) is 0 Å². The van der Waals surface area contributed by atoms with Crippen molar-refractivity contribution in [2.24, 2.45) is 5.92 Å². The molecule has 26 heavy (non-hydrogen) atoms. The van der Waals surface area contributed by atoms with E-state index in [-0.39, 0.29) is 24.1 Å². The third-order valence-electron chi connectivity index (χ3n) is 4.68. The van der Waals surface area contributed by atoms with Crippen LogP contribution in [0.25, 0.3) is 0 Å². The van der Waals surface area contributed by atoms with E-state index in [0.717, 1.165) is 18.7 Å². The molecule has 1 saturated carbocycles. The van der Waals surface area contributed by atoms with Crippen LogP contribution < -0.4 is 10.2 Å². The van der Waals surface area contributed by atoms with Crippen molar-refractivity contribution < 1.29 is 14.1 Å². The van der Waals surface area contributed by atoms with Crippen LogP contribution in [0.5, 0.6) is 0 Å². The van der Waals surface area contributed by atoms with E-state index in [9.17, 15) is 4.79 Å². The number of carbonyl (C=O) groups is 1. The minimum absolute atomic E-state index is 0.0419. The Morgan fingerprint density at radius 1 is 1.27 bits per heavy atom. The van der Waals surface area contributed by atoms with Gasteiger partial charge in [0.15, 0.2) is 5.82 Å². The number of nitrogens with zero attached hydrogens (tertiary/aromatic N) is 5. The number of cyclic esters (lactones) is 1. The van der Waals surface area contributed by atoms with Gasteiger partial charge in [0, 0.05) is 12.1 Å². The normalized spacial score (nSPS) is 21.2. The fourth-order valence-electron chi connectivity index (χ4n) is 2.93. The Kier molecular flexibility index (Phi) is 4.21. The lowest BCUT2D eigenvalue weighted by Gasteiger charge is -2.23. The number of amides is 1. The summed E-state index contributed by atoms with van der Waals surface area (Å²) < 4.78 is 10.5. The second kappa shape index (κ2) is 6.54. The second-order valence-corrected chi connectivity index (χ2v) is 7.13. The smallest absolute Gasteiger partial charge is 0.415 e. The first kappa shape index (κ1) is 16.7. The Morgan fingerprint density at radius 2 is 2.08 bits per heavy atom. The highest BCUT2D eigenvalue weighted by Crippen LogP contribution is 2.38. The highest BCUT2D eigenvalue weighted by Gasteiger charge is 2.37. The molecule has 1 aliphatic carbocycles. The topological polar surface area (TPSA) is 106 Å². The maximum absolute atomic E-state index is 12.1. The van der Waals surface area contributed by atoms with Gasteiger partial charge in [0.2, 0.25) is 11.8 Å². The predicted molar refractivity (Wildman–Crippen MR) is 92.8 cm³/mol. The summed E-state index contributed by atoms with van der Waals surface area (Å²) >= 11 is 0. The summed E-state index contributed by atoms with van der Waals surface area (Å²) in [5.41, 5.74) is 0. The molecule has 2 fully saturated rings. The summed E-state index contributed by atoms with van der Waals surface area (Å²) in [5, 5.41) is 7.18. The molecule has 0 aromatic carbocycles. The zero-order chi connectivity index (χ0) is 18.3. The molecule has 1 unspecified atom stereocenters. The zero-order valence-corrected chi connectivity index (χ0v) is 15.0. The van der Waals surface area contributed by atoms with Crippen molar-refractivity contribution in [2.45, 2.75) is 51.6 Å². The molecule has 2 aliphatic rings. The summed E-state index contributed by atoms with van der Waals surface area (Å²) in [4.78, 5) is 26.8. The largest absolute Gasteiger partial charge is 0.447 e. The van der Waals surface area contributed by atoms with Crippen LogP contribution in [0.4, 0.5) is 16.6 Å². The highest BCUT2D eigenvalue weighted by atomic mass is 16.6. The fourth-order valence-corrected chi connectivity index (χ4v) is 2.93. The zero-order valence-electron chi connectivity index (χ0n) is 15.0. The number of hydrogen-bond donors (Lipinski definition) is 1. The Balaban J connectivity index is 1.50. The highest BCUT2D eigenvalue weighted by molar-refractivity contribution is 5.89. The predicted octanol–water partition coefficient (Wildman–Crippen LogP) is 2.89. The summed E-state index contributed by atoms with van der Waals surface area (Å²) in [6.45, 7) is 6.37. The molecule has 2 aromatic rings. The number of hydrogen-bond acceptors (Lipinski definition) is 8. The molecule has 1 saturated heterocycles.